The van der Waals surface area contributed by atoms with Crippen LogP contribution in [-0.2, 0) is 20.9 Å². The second kappa shape index (κ2) is 5.40. The lowest BCUT2D eigenvalue weighted by Gasteiger charge is -2.09. The Morgan fingerprint density at radius 3 is 2.57 bits per heavy atom. The molecule has 1 aromatic carbocycles. The van der Waals surface area contributed by atoms with Crippen molar-refractivity contribution in [2.45, 2.75) is 19.6 Å². The maximum atomic E-state index is 11.2. The third kappa shape index (κ3) is 3.18. The highest BCUT2D eigenvalue weighted by Crippen LogP contribution is 2.02. The average Bonchev–Trinajstić information content (AvgIpc) is 2.26. The van der Waals surface area contributed by atoms with Crippen LogP contribution in [-0.4, -0.2) is 19.2 Å². The van der Waals surface area contributed by atoms with Crippen molar-refractivity contribution in [1.82, 2.24) is 0 Å². The molecule has 0 spiro atoms. The summed E-state index contributed by atoms with van der Waals surface area (Å²) in [7, 11) is 1.48. The van der Waals surface area contributed by atoms with Gasteiger partial charge in [-0.25, -0.2) is 4.79 Å². The molecule has 0 aliphatic rings. The van der Waals surface area contributed by atoms with Crippen LogP contribution in [0.2, 0.25) is 0 Å². The summed E-state index contributed by atoms with van der Waals surface area (Å²) in [6.07, 6.45) is -0.501. The summed E-state index contributed by atoms with van der Waals surface area (Å²) in [6, 6.07) is 9.55. The largest absolute Gasteiger partial charge is 0.459 e. The standard InChI is InChI=1S/C11H14O3/c1-9(13-2)11(12)14-8-10-6-4-3-5-7-10/h3-7,9H,8H2,1-2H3/t9-/m0/s1. The summed E-state index contributed by atoms with van der Waals surface area (Å²) in [5, 5.41) is 0. The Morgan fingerprint density at radius 1 is 1.36 bits per heavy atom. The predicted octanol–water partition coefficient (Wildman–Crippen LogP) is 1.76. The topological polar surface area (TPSA) is 35.5 Å². The highest BCUT2D eigenvalue weighted by molar-refractivity contribution is 5.74. The van der Waals surface area contributed by atoms with Crippen LogP contribution in [0.1, 0.15) is 12.5 Å². The molecule has 0 radical (unpaired) electrons. The van der Waals surface area contributed by atoms with E-state index in [0.29, 0.717) is 6.61 Å². The molecule has 0 bridgehead atoms. The minimum Gasteiger partial charge on any atom is -0.459 e. The van der Waals surface area contributed by atoms with Crippen molar-refractivity contribution in [2.75, 3.05) is 7.11 Å². The zero-order valence-electron chi connectivity index (χ0n) is 8.40. The van der Waals surface area contributed by atoms with Crippen LogP contribution in [0.4, 0.5) is 0 Å². The van der Waals surface area contributed by atoms with Crippen LogP contribution in [0.15, 0.2) is 30.3 Å². The van der Waals surface area contributed by atoms with Crippen LogP contribution >= 0.6 is 0 Å². The molecule has 0 N–H and O–H groups in total. The van der Waals surface area contributed by atoms with E-state index in [0.717, 1.165) is 5.56 Å². The Kier molecular flexibility index (Phi) is 4.13. The number of carbonyl (C=O) groups is 1. The van der Waals surface area contributed by atoms with E-state index < -0.39 is 6.10 Å². The highest BCUT2D eigenvalue weighted by atomic mass is 16.6. The van der Waals surface area contributed by atoms with Crippen molar-refractivity contribution in [2.24, 2.45) is 0 Å². The van der Waals surface area contributed by atoms with Crippen molar-refractivity contribution < 1.29 is 14.3 Å². The first-order valence-corrected chi connectivity index (χ1v) is 4.47. The molecule has 0 saturated heterocycles. The summed E-state index contributed by atoms with van der Waals surface area (Å²) in [5.41, 5.74) is 0.976. The first-order valence-electron chi connectivity index (χ1n) is 4.47. The van der Waals surface area contributed by atoms with Crippen molar-refractivity contribution >= 4 is 5.97 Å². The van der Waals surface area contributed by atoms with Crippen LogP contribution < -0.4 is 0 Å². The molecular formula is C11H14O3. The van der Waals surface area contributed by atoms with E-state index in [-0.39, 0.29) is 5.97 Å². The Labute approximate surface area is 83.6 Å². The van der Waals surface area contributed by atoms with Gasteiger partial charge >= 0.3 is 5.97 Å². The van der Waals surface area contributed by atoms with Gasteiger partial charge in [0.2, 0.25) is 0 Å². The molecule has 0 aliphatic carbocycles. The fourth-order valence-electron chi connectivity index (χ4n) is 0.942. The zero-order chi connectivity index (χ0) is 10.4. The molecule has 0 saturated carbocycles. The average molecular weight is 194 g/mol. The van der Waals surface area contributed by atoms with Gasteiger partial charge in [-0.15, -0.1) is 0 Å². The maximum Gasteiger partial charge on any atom is 0.335 e. The molecule has 1 aromatic rings. The molecule has 76 valence electrons. The minimum atomic E-state index is -0.501. The third-order valence-electron chi connectivity index (χ3n) is 1.91. The van der Waals surface area contributed by atoms with Gasteiger partial charge in [0.1, 0.15) is 6.61 Å². The van der Waals surface area contributed by atoms with Gasteiger partial charge in [-0.1, -0.05) is 30.3 Å². The molecule has 0 fully saturated rings. The quantitative estimate of drug-likeness (QED) is 0.685. The van der Waals surface area contributed by atoms with Crippen molar-refractivity contribution in [3.63, 3.8) is 0 Å². The van der Waals surface area contributed by atoms with Gasteiger partial charge in [-0.2, -0.15) is 0 Å². The van der Waals surface area contributed by atoms with E-state index >= 15 is 0 Å². The number of hydrogen-bond donors (Lipinski definition) is 0. The minimum absolute atomic E-state index is 0.299. The first kappa shape index (κ1) is 10.7. The lowest BCUT2D eigenvalue weighted by atomic mass is 10.2. The number of hydrogen-bond acceptors (Lipinski definition) is 3. The summed E-state index contributed by atoms with van der Waals surface area (Å²) in [6.45, 7) is 1.96. The van der Waals surface area contributed by atoms with Gasteiger partial charge in [0.15, 0.2) is 6.10 Å². The zero-order valence-corrected chi connectivity index (χ0v) is 8.40. The number of carbonyl (C=O) groups excluding carboxylic acids is 1. The van der Waals surface area contributed by atoms with Crippen LogP contribution in [0.25, 0.3) is 0 Å². The molecule has 0 amide bonds. The fourth-order valence-corrected chi connectivity index (χ4v) is 0.942. The number of ether oxygens (including phenoxy) is 2. The molecule has 0 aliphatic heterocycles. The molecule has 1 rings (SSSR count). The Morgan fingerprint density at radius 2 is 2.00 bits per heavy atom. The van der Waals surface area contributed by atoms with E-state index in [1.54, 1.807) is 6.92 Å². The molecule has 0 aromatic heterocycles. The SMILES string of the molecule is CO[C@@H](C)C(=O)OCc1ccccc1. The summed E-state index contributed by atoms with van der Waals surface area (Å²) in [4.78, 5) is 11.2. The van der Waals surface area contributed by atoms with Crippen LogP contribution in [0.3, 0.4) is 0 Å². The predicted molar refractivity (Wildman–Crippen MR) is 52.7 cm³/mol. The molecule has 3 heteroatoms. The van der Waals surface area contributed by atoms with Gasteiger partial charge < -0.3 is 9.47 Å². The van der Waals surface area contributed by atoms with E-state index in [1.807, 2.05) is 30.3 Å². The Bertz CT molecular complexity index is 282. The molecule has 1 atom stereocenters. The molecule has 14 heavy (non-hydrogen) atoms. The normalized spacial score (nSPS) is 12.1. The molecule has 0 unspecified atom stereocenters. The fraction of sp³-hybridized carbons (Fsp3) is 0.364. The lowest BCUT2D eigenvalue weighted by molar-refractivity contribution is -0.155. The van der Waals surface area contributed by atoms with Crippen LogP contribution in [0, 0.1) is 0 Å². The van der Waals surface area contributed by atoms with E-state index in [2.05, 4.69) is 0 Å². The van der Waals surface area contributed by atoms with E-state index in [9.17, 15) is 4.79 Å². The van der Waals surface area contributed by atoms with Crippen molar-refractivity contribution in [1.29, 1.82) is 0 Å². The molecular weight excluding hydrogens is 180 g/mol. The van der Waals surface area contributed by atoms with Gasteiger partial charge in [0.05, 0.1) is 0 Å². The smallest absolute Gasteiger partial charge is 0.335 e. The molecule has 0 heterocycles. The van der Waals surface area contributed by atoms with Crippen molar-refractivity contribution in [3.05, 3.63) is 35.9 Å². The number of rotatable bonds is 4. The van der Waals surface area contributed by atoms with Gasteiger partial charge in [-0.05, 0) is 12.5 Å². The summed E-state index contributed by atoms with van der Waals surface area (Å²) >= 11 is 0. The van der Waals surface area contributed by atoms with Gasteiger partial charge in [-0.3, -0.25) is 0 Å². The summed E-state index contributed by atoms with van der Waals surface area (Å²) < 4.78 is 9.84. The summed E-state index contributed by atoms with van der Waals surface area (Å²) in [5.74, 6) is -0.337. The van der Waals surface area contributed by atoms with E-state index in [1.165, 1.54) is 7.11 Å². The Balaban J connectivity index is 2.38. The lowest BCUT2D eigenvalue weighted by Crippen LogP contribution is -2.21. The highest BCUT2D eigenvalue weighted by Gasteiger charge is 2.12. The first-order chi connectivity index (χ1) is 6.74. The number of benzene rings is 1. The second-order valence-corrected chi connectivity index (χ2v) is 2.97. The Hall–Kier alpha value is -1.35. The third-order valence-corrected chi connectivity index (χ3v) is 1.91. The number of methoxy groups -OCH3 is 1. The molecule has 3 nitrogen and oxygen atoms in total. The van der Waals surface area contributed by atoms with Crippen LogP contribution in [0.5, 0.6) is 0 Å². The maximum absolute atomic E-state index is 11.2. The second-order valence-electron chi connectivity index (χ2n) is 2.97. The number of esters is 1. The van der Waals surface area contributed by atoms with Gasteiger partial charge in [0.25, 0.3) is 0 Å². The van der Waals surface area contributed by atoms with Crippen molar-refractivity contribution in [3.8, 4) is 0 Å². The van der Waals surface area contributed by atoms with E-state index in [4.69, 9.17) is 9.47 Å². The monoisotopic (exact) mass is 194 g/mol. The van der Waals surface area contributed by atoms with Gasteiger partial charge in [0, 0.05) is 7.11 Å².